The van der Waals surface area contributed by atoms with Crippen LogP contribution in [-0.2, 0) is 9.53 Å². The first-order chi connectivity index (χ1) is 8.04. The summed E-state index contributed by atoms with van der Waals surface area (Å²) < 4.78 is 5.69. The van der Waals surface area contributed by atoms with Crippen molar-refractivity contribution in [1.29, 1.82) is 0 Å². The fraction of sp³-hybridized carbons (Fsp3) is 0.308. The first-order valence-corrected chi connectivity index (χ1v) is 6.12. The fourth-order valence-corrected chi connectivity index (χ4v) is 1.62. The van der Waals surface area contributed by atoms with Crippen LogP contribution in [0.4, 0.5) is 0 Å². The maximum atomic E-state index is 11.2. The minimum Gasteiger partial charge on any atom is -0.464 e. The molecule has 1 rings (SSSR count). The zero-order valence-electron chi connectivity index (χ0n) is 9.65. The molecule has 0 aliphatic rings. The molecule has 0 bridgehead atoms. The van der Waals surface area contributed by atoms with Crippen molar-refractivity contribution in [3.63, 3.8) is 0 Å². The molecule has 4 heteroatoms. The Balaban J connectivity index is 2.60. The average molecular weight is 299 g/mol. The van der Waals surface area contributed by atoms with E-state index < -0.39 is 12.1 Å². The number of rotatable bonds is 5. The van der Waals surface area contributed by atoms with Gasteiger partial charge in [-0.2, -0.15) is 0 Å². The van der Waals surface area contributed by atoms with Gasteiger partial charge in [0.1, 0.15) is 0 Å². The van der Waals surface area contributed by atoms with Gasteiger partial charge in [-0.3, -0.25) is 0 Å². The predicted octanol–water partition coefficient (Wildman–Crippen LogP) is 2.78. The minimum atomic E-state index is -1.15. The van der Waals surface area contributed by atoms with E-state index in [9.17, 15) is 9.90 Å². The lowest BCUT2D eigenvalue weighted by molar-refractivity contribution is -0.152. The molecule has 0 amide bonds. The lowest BCUT2D eigenvalue weighted by Gasteiger charge is -2.11. The minimum absolute atomic E-state index is 0.181. The zero-order valence-corrected chi connectivity index (χ0v) is 11.2. The Morgan fingerprint density at radius 3 is 2.59 bits per heavy atom. The van der Waals surface area contributed by atoms with Crippen molar-refractivity contribution in [2.45, 2.75) is 19.4 Å². The molecule has 0 heterocycles. The Morgan fingerprint density at radius 1 is 1.47 bits per heavy atom. The normalized spacial score (nSPS) is 11.9. The number of hydrogen-bond acceptors (Lipinski definition) is 3. The van der Waals surface area contributed by atoms with Gasteiger partial charge in [-0.05, 0) is 30.2 Å². The van der Waals surface area contributed by atoms with Crippen molar-refractivity contribution in [2.75, 3.05) is 6.61 Å². The SMILES string of the molecule is C=C(C[C@@H](O)C(=O)OCC)c1ccc(Br)cc1. The second-order valence-electron chi connectivity index (χ2n) is 3.58. The second kappa shape index (κ2) is 6.57. The van der Waals surface area contributed by atoms with Gasteiger partial charge in [-0.15, -0.1) is 0 Å². The van der Waals surface area contributed by atoms with E-state index in [0.29, 0.717) is 5.57 Å². The summed E-state index contributed by atoms with van der Waals surface area (Å²) in [7, 11) is 0. The predicted molar refractivity (Wildman–Crippen MR) is 70.4 cm³/mol. The number of ether oxygens (including phenoxy) is 1. The van der Waals surface area contributed by atoms with E-state index >= 15 is 0 Å². The molecule has 0 saturated carbocycles. The first kappa shape index (κ1) is 13.9. The van der Waals surface area contributed by atoms with Gasteiger partial charge < -0.3 is 9.84 Å². The number of esters is 1. The second-order valence-corrected chi connectivity index (χ2v) is 4.50. The molecule has 17 heavy (non-hydrogen) atoms. The molecular formula is C13H15BrO3. The van der Waals surface area contributed by atoms with Crippen LogP contribution in [0.3, 0.4) is 0 Å². The number of halogens is 1. The Kier molecular flexibility index (Phi) is 5.38. The summed E-state index contributed by atoms with van der Waals surface area (Å²) in [6.07, 6.45) is -0.966. The van der Waals surface area contributed by atoms with Crippen LogP contribution in [0, 0.1) is 0 Å². The van der Waals surface area contributed by atoms with Crippen molar-refractivity contribution in [3.05, 3.63) is 40.9 Å². The van der Waals surface area contributed by atoms with Crippen LogP contribution < -0.4 is 0 Å². The van der Waals surface area contributed by atoms with Crippen molar-refractivity contribution in [2.24, 2.45) is 0 Å². The highest BCUT2D eigenvalue weighted by atomic mass is 79.9. The highest BCUT2D eigenvalue weighted by Gasteiger charge is 2.17. The maximum absolute atomic E-state index is 11.2. The van der Waals surface area contributed by atoms with E-state index in [1.54, 1.807) is 6.92 Å². The number of aliphatic hydroxyl groups is 1. The lowest BCUT2D eigenvalue weighted by atomic mass is 10.0. The third-order valence-electron chi connectivity index (χ3n) is 2.25. The van der Waals surface area contributed by atoms with E-state index in [2.05, 4.69) is 22.5 Å². The van der Waals surface area contributed by atoms with Gasteiger partial charge in [0, 0.05) is 10.9 Å². The Bertz CT molecular complexity index is 398. The zero-order chi connectivity index (χ0) is 12.8. The summed E-state index contributed by atoms with van der Waals surface area (Å²) in [6, 6.07) is 7.53. The monoisotopic (exact) mass is 298 g/mol. The third kappa shape index (κ3) is 4.32. The molecule has 92 valence electrons. The van der Waals surface area contributed by atoms with Gasteiger partial charge in [0.25, 0.3) is 0 Å². The van der Waals surface area contributed by atoms with Crippen molar-refractivity contribution in [3.8, 4) is 0 Å². The van der Waals surface area contributed by atoms with E-state index in [1.165, 1.54) is 0 Å². The highest BCUT2D eigenvalue weighted by molar-refractivity contribution is 9.10. The van der Waals surface area contributed by atoms with Gasteiger partial charge in [0.2, 0.25) is 0 Å². The number of hydrogen-bond donors (Lipinski definition) is 1. The molecule has 1 aromatic carbocycles. The Labute approximate surface area is 109 Å². The Morgan fingerprint density at radius 2 is 2.06 bits per heavy atom. The molecular weight excluding hydrogens is 284 g/mol. The smallest absolute Gasteiger partial charge is 0.335 e. The molecule has 0 spiro atoms. The van der Waals surface area contributed by atoms with E-state index in [1.807, 2.05) is 24.3 Å². The van der Waals surface area contributed by atoms with Crippen LogP contribution in [0.5, 0.6) is 0 Å². The number of carbonyl (C=O) groups is 1. The van der Waals surface area contributed by atoms with Gasteiger partial charge in [-0.25, -0.2) is 4.79 Å². The third-order valence-corrected chi connectivity index (χ3v) is 2.78. The number of aliphatic hydroxyl groups excluding tert-OH is 1. The van der Waals surface area contributed by atoms with Gasteiger partial charge in [0.15, 0.2) is 6.10 Å². The summed E-state index contributed by atoms with van der Waals surface area (Å²) in [4.78, 5) is 11.2. The number of benzene rings is 1. The van der Waals surface area contributed by atoms with E-state index in [4.69, 9.17) is 4.74 Å². The summed E-state index contributed by atoms with van der Waals surface area (Å²) in [5, 5.41) is 9.59. The van der Waals surface area contributed by atoms with Crippen molar-refractivity contribution < 1.29 is 14.6 Å². The number of carbonyl (C=O) groups excluding carboxylic acids is 1. The van der Waals surface area contributed by atoms with Crippen LogP contribution in [0.15, 0.2) is 35.3 Å². The fourth-order valence-electron chi connectivity index (χ4n) is 1.36. The van der Waals surface area contributed by atoms with Gasteiger partial charge in [0.05, 0.1) is 6.61 Å². The summed E-state index contributed by atoms with van der Waals surface area (Å²) in [6.45, 7) is 5.82. The molecule has 0 unspecified atom stereocenters. The topological polar surface area (TPSA) is 46.5 Å². The highest BCUT2D eigenvalue weighted by Crippen LogP contribution is 2.20. The molecule has 0 radical (unpaired) electrons. The molecule has 0 aliphatic heterocycles. The van der Waals surface area contributed by atoms with Crippen LogP contribution in [0.2, 0.25) is 0 Å². The first-order valence-electron chi connectivity index (χ1n) is 5.33. The molecule has 0 saturated heterocycles. The van der Waals surface area contributed by atoms with Crippen LogP contribution in [0.25, 0.3) is 5.57 Å². The quantitative estimate of drug-likeness (QED) is 0.850. The van der Waals surface area contributed by atoms with Crippen LogP contribution in [-0.4, -0.2) is 23.8 Å². The van der Waals surface area contributed by atoms with Crippen molar-refractivity contribution >= 4 is 27.5 Å². The van der Waals surface area contributed by atoms with Gasteiger partial charge >= 0.3 is 5.97 Å². The van der Waals surface area contributed by atoms with Crippen LogP contribution in [0.1, 0.15) is 18.9 Å². The maximum Gasteiger partial charge on any atom is 0.335 e. The summed E-state index contributed by atoms with van der Waals surface area (Å²) >= 11 is 3.34. The lowest BCUT2D eigenvalue weighted by Crippen LogP contribution is -2.23. The summed E-state index contributed by atoms with van der Waals surface area (Å²) in [5.74, 6) is -0.606. The molecule has 0 fully saturated rings. The molecule has 1 N–H and O–H groups in total. The molecule has 3 nitrogen and oxygen atoms in total. The standard InChI is InChI=1S/C13H15BrO3/c1-3-17-13(16)12(15)8-9(2)10-4-6-11(14)7-5-10/h4-7,12,15H,2-3,8H2,1H3/t12-/m1/s1. The van der Waals surface area contributed by atoms with Crippen LogP contribution >= 0.6 is 15.9 Å². The van der Waals surface area contributed by atoms with E-state index in [0.717, 1.165) is 10.0 Å². The molecule has 1 atom stereocenters. The van der Waals surface area contributed by atoms with E-state index in [-0.39, 0.29) is 13.0 Å². The average Bonchev–Trinajstić information content (AvgIpc) is 2.30. The molecule has 0 aliphatic carbocycles. The van der Waals surface area contributed by atoms with Gasteiger partial charge in [-0.1, -0.05) is 34.6 Å². The largest absolute Gasteiger partial charge is 0.464 e. The Hall–Kier alpha value is -1.13. The molecule has 0 aromatic heterocycles. The molecule has 1 aromatic rings. The summed E-state index contributed by atoms with van der Waals surface area (Å²) in [5.41, 5.74) is 1.61. The van der Waals surface area contributed by atoms with Crippen molar-refractivity contribution in [1.82, 2.24) is 0 Å².